The van der Waals surface area contributed by atoms with Crippen molar-refractivity contribution in [2.75, 3.05) is 0 Å². The zero-order chi connectivity index (χ0) is 20.7. The highest BCUT2D eigenvalue weighted by Crippen LogP contribution is 2.15. The molecule has 29 heavy (non-hydrogen) atoms. The van der Waals surface area contributed by atoms with E-state index in [0.717, 1.165) is 11.6 Å². The molecule has 0 aliphatic carbocycles. The lowest BCUT2D eigenvalue weighted by molar-refractivity contribution is -0.124. The molecule has 1 aromatic heterocycles. The minimum atomic E-state index is -3.65. The van der Waals surface area contributed by atoms with Gasteiger partial charge in [0.2, 0.25) is 10.0 Å². The molecule has 2 aromatic carbocycles. The lowest BCUT2D eigenvalue weighted by Gasteiger charge is -2.07. The summed E-state index contributed by atoms with van der Waals surface area (Å²) in [4.78, 5) is 11.0. The third kappa shape index (κ3) is 6.07. The lowest BCUT2D eigenvalue weighted by Crippen LogP contribution is -2.27. The van der Waals surface area contributed by atoms with Crippen molar-refractivity contribution < 1.29 is 18.4 Å². The van der Waals surface area contributed by atoms with Gasteiger partial charge in [0.1, 0.15) is 5.69 Å². The SMILES string of the molecule is O=C(C=Cc1cccc(CNS(=O)(=O)Cn2cc(-c3ccccc3)nn2)c1)NO. The third-order valence-electron chi connectivity index (χ3n) is 3.90. The Labute approximate surface area is 167 Å². The number of aromatic nitrogens is 3. The number of hydrogen-bond acceptors (Lipinski definition) is 6. The second-order valence-corrected chi connectivity index (χ2v) is 7.91. The molecule has 0 aliphatic heterocycles. The monoisotopic (exact) mass is 413 g/mol. The quantitative estimate of drug-likeness (QED) is 0.292. The van der Waals surface area contributed by atoms with Crippen LogP contribution in [0.2, 0.25) is 0 Å². The molecule has 1 heterocycles. The highest BCUT2D eigenvalue weighted by atomic mass is 32.2. The number of carbonyl (C=O) groups excluding carboxylic acids is 1. The molecule has 3 rings (SSSR count). The molecule has 0 aliphatic rings. The van der Waals surface area contributed by atoms with Crippen LogP contribution in [0.5, 0.6) is 0 Å². The molecule has 0 saturated carbocycles. The summed E-state index contributed by atoms with van der Waals surface area (Å²) in [5.41, 5.74) is 4.34. The fourth-order valence-corrected chi connectivity index (χ4v) is 3.48. The first kappa shape index (κ1) is 20.4. The van der Waals surface area contributed by atoms with Gasteiger partial charge in [-0.05, 0) is 17.2 Å². The van der Waals surface area contributed by atoms with Crippen LogP contribution in [0.3, 0.4) is 0 Å². The molecule has 0 bridgehead atoms. The average Bonchev–Trinajstić information content (AvgIpc) is 3.19. The summed E-state index contributed by atoms with van der Waals surface area (Å²) in [6.45, 7) is 0.0798. The average molecular weight is 413 g/mol. The summed E-state index contributed by atoms with van der Waals surface area (Å²) in [5, 5.41) is 16.4. The molecule has 150 valence electrons. The van der Waals surface area contributed by atoms with Crippen molar-refractivity contribution in [2.24, 2.45) is 0 Å². The number of nitrogens with zero attached hydrogens (tertiary/aromatic N) is 3. The number of rotatable bonds is 8. The molecule has 0 saturated heterocycles. The molecule has 0 radical (unpaired) electrons. The number of amides is 1. The highest BCUT2D eigenvalue weighted by molar-refractivity contribution is 7.88. The largest absolute Gasteiger partial charge is 0.288 e. The fourth-order valence-electron chi connectivity index (χ4n) is 2.53. The Morgan fingerprint density at radius 2 is 1.93 bits per heavy atom. The Morgan fingerprint density at radius 3 is 2.69 bits per heavy atom. The van der Waals surface area contributed by atoms with Crippen molar-refractivity contribution in [3.8, 4) is 11.3 Å². The molecule has 3 aromatic rings. The maximum absolute atomic E-state index is 12.4. The van der Waals surface area contributed by atoms with Gasteiger partial charge in [0.15, 0.2) is 5.88 Å². The summed E-state index contributed by atoms with van der Waals surface area (Å²) >= 11 is 0. The summed E-state index contributed by atoms with van der Waals surface area (Å²) in [5.74, 6) is -1.01. The zero-order valence-electron chi connectivity index (χ0n) is 15.3. The van der Waals surface area contributed by atoms with Crippen molar-refractivity contribution in [3.63, 3.8) is 0 Å². The molecule has 0 atom stereocenters. The van der Waals surface area contributed by atoms with E-state index in [0.29, 0.717) is 16.8 Å². The molecule has 1 amide bonds. The number of carbonyl (C=O) groups is 1. The van der Waals surface area contributed by atoms with Crippen molar-refractivity contribution >= 4 is 22.0 Å². The minimum absolute atomic E-state index is 0.0798. The van der Waals surface area contributed by atoms with Crippen molar-refractivity contribution in [3.05, 3.63) is 78.0 Å². The standard InChI is InChI=1S/C19H19N5O4S/c25-19(22-26)10-9-15-5-4-6-16(11-15)12-20-29(27,28)14-24-13-18(21-23-24)17-7-2-1-3-8-17/h1-11,13,20,26H,12,14H2,(H,22,25). The van der Waals surface area contributed by atoms with Gasteiger partial charge in [-0.3, -0.25) is 10.0 Å². The van der Waals surface area contributed by atoms with Gasteiger partial charge in [0.05, 0.1) is 6.20 Å². The smallest absolute Gasteiger partial charge is 0.267 e. The van der Waals surface area contributed by atoms with E-state index in [-0.39, 0.29) is 12.4 Å². The molecule has 9 nitrogen and oxygen atoms in total. The van der Waals surface area contributed by atoms with Crippen LogP contribution in [0.15, 0.2) is 66.9 Å². The minimum Gasteiger partial charge on any atom is -0.288 e. The van der Waals surface area contributed by atoms with Crippen molar-refractivity contribution in [2.45, 2.75) is 12.4 Å². The van der Waals surface area contributed by atoms with Gasteiger partial charge >= 0.3 is 0 Å². The molecular formula is C19H19N5O4S. The molecule has 3 N–H and O–H groups in total. The normalized spacial score (nSPS) is 11.6. The van der Waals surface area contributed by atoms with Gasteiger partial charge in [0.25, 0.3) is 5.91 Å². The van der Waals surface area contributed by atoms with Crippen LogP contribution in [-0.4, -0.2) is 34.5 Å². The first-order chi connectivity index (χ1) is 13.9. The molecule has 0 fully saturated rings. The predicted octanol–water partition coefficient (Wildman–Crippen LogP) is 1.54. The summed E-state index contributed by atoms with van der Waals surface area (Å²) < 4.78 is 28.5. The molecule has 0 spiro atoms. The Kier molecular flexibility index (Phi) is 6.50. The molecule has 0 unspecified atom stereocenters. The van der Waals surface area contributed by atoms with E-state index >= 15 is 0 Å². The first-order valence-electron chi connectivity index (χ1n) is 8.59. The topological polar surface area (TPSA) is 126 Å². The predicted molar refractivity (Wildman–Crippen MR) is 107 cm³/mol. The van der Waals surface area contributed by atoms with Gasteiger partial charge < -0.3 is 0 Å². The van der Waals surface area contributed by atoms with E-state index in [9.17, 15) is 13.2 Å². The van der Waals surface area contributed by atoms with Crippen LogP contribution in [0, 0.1) is 0 Å². The highest BCUT2D eigenvalue weighted by Gasteiger charge is 2.13. The lowest BCUT2D eigenvalue weighted by atomic mass is 10.1. The van der Waals surface area contributed by atoms with Crippen LogP contribution in [0.4, 0.5) is 0 Å². The maximum Gasteiger partial charge on any atom is 0.267 e. The van der Waals surface area contributed by atoms with Crippen LogP contribution in [0.25, 0.3) is 17.3 Å². The van der Waals surface area contributed by atoms with E-state index in [1.807, 2.05) is 30.3 Å². The van der Waals surface area contributed by atoms with Crippen LogP contribution < -0.4 is 10.2 Å². The van der Waals surface area contributed by atoms with E-state index in [1.54, 1.807) is 30.5 Å². The number of benzene rings is 2. The van der Waals surface area contributed by atoms with Crippen molar-refractivity contribution in [1.29, 1.82) is 0 Å². The fraction of sp³-hybridized carbons (Fsp3) is 0.105. The number of nitrogens with one attached hydrogen (secondary N) is 2. The Bertz CT molecular complexity index is 1110. The Balaban J connectivity index is 1.61. The van der Waals surface area contributed by atoms with Crippen LogP contribution in [-0.2, 0) is 27.2 Å². The Hall–Kier alpha value is -3.34. The molecule has 10 heteroatoms. The molecular weight excluding hydrogens is 394 g/mol. The van der Waals surface area contributed by atoms with E-state index < -0.39 is 15.9 Å². The van der Waals surface area contributed by atoms with Crippen LogP contribution in [0.1, 0.15) is 11.1 Å². The number of sulfonamides is 1. The van der Waals surface area contributed by atoms with Gasteiger partial charge in [0, 0.05) is 18.2 Å². The maximum atomic E-state index is 12.4. The van der Waals surface area contributed by atoms with Crippen molar-refractivity contribution in [1.82, 2.24) is 25.2 Å². The number of hydrogen-bond donors (Lipinski definition) is 3. The third-order valence-corrected chi connectivity index (χ3v) is 5.08. The van der Waals surface area contributed by atoms with E-state index in [2.05, 4.69) is 15.0 Å². The second-order valence-electron chi connectivity index (χ2n) is 6.13. The second kappa shape index (κ2) is 9.24. The Morgan fingerprint density at radius 1 is 1.14 bits per heavy atom. The van der Waals surface area contributed by atoms with Gasteiger partial charge in [-0.25, -0.2) is 23.3 Å². The summed E-state index contributed by atoms with van der Waals surface area (Å²) in [7, 11) is -3.65. The van der Waals surface area contributed by atoms with Crippen LogP contribution >= 0.6 is 0 Å². The zero-order valence-corrected chi connectivity index (χ0v) is 16.1. The van der Waals surface area contributed by atoms with Gasteiger partial charge in [-0.1, -0.05) is 59.8 Å². The first-order valence-corrected chi connectivity index (χ1v) is 10.2. The van der Waals surface area contributed by atoms with Gasteiger partial charge in [-0.15, -0.1) is 5.10 Å². The van der Waals surface area contributed by atoms with E-state index in [1.165, 1.54) is 16.2 Å². The summed E-state index contributed by atoms with van der Waals surface area (Å²) in [6.07, 6.45) is 4.24. The van der Waals surface area contributed by atoms with E-state index in [4.69, 9.17) is 5.21 Å². The number of hydroxylamine groups is 1. The summed E-state index contributed by atoms with van der Waals surface area (Å²) in [6, 6.07) is 16.3. The van der Waals surface area contributed by atoms with Gasteiger partial charge in [-0.2, -0.15) is 0 Å².